The number of rotatable bonds is 4. The lowest BCUT2D eigenvalue weighted by molar-refractivity contribution is -0.136. The second-order valence-corrected chi connectivity index (χ2v) is 4.87. The molecular formula is C14H16N4O2. The number of hydrogen-bond donors (Lipinski definition) is 2. The number of aromatic amines is 1. The van der Waals surface area contributed by atoms with Gasteiger partial charge in [-0.1, -0.05) is 6.07 Å². The number of nitrogens with one attached hydrogen (secondary N) is 2. The first-order valence-corrected chi connectivity index (χ1v) is 6.67. The van der Waals surface area contributed by atoms with E-state index in [1.165, 1.54) is 0 Å². The molecule has 20 heavy (non-hydrogen) atoms. The van der Waals surface area contributed by atoms with Crippen molar-refractivity contribution in [3.63, 3.8) is 0 Å². The van der Waals surface area contributed by atoms with Crippen LogP contribution in [0.4, 0.5) is 0 Å². The number of carbonyl (C=O) groups excluding carboxylic acids is 1. The molecule has 6 nitrogen and oxygen atoms in total. The van der Waals surface area contributed by atoms with E-state index in [1.807, 2.05) is 12.1 Å². The first-order valence-electron chi connectivity index (χ1n) is 6.67. The second-order valence-electron chi connectivity index (χ2n) is 4.87. The maximum Gasteiger partial charge on any atom is 0.252 e. The highest BCUT2D eigenvalue weighted by atomic mass is 16.6. The molecule has 2 N–H and O–H groups in total. The average Bonchev–Trinajstić information content (AvgIpc) is 2.96. The van der Waals surface area contributed by atoms with Gasteiger partial charge in [0, 0.05) is 12.4 Å². The zero-order valence-corrected chi connectivity index (χ0v) is 11.0. The van der Waals surface area contributed by atoms with Crippen molar-refractivity contribution in [2.75, 3.05) is 0 Å². The maximum atomic E-state index is 12.1. The first-order chi connectivity index (χ1) is 9.84. The summed E-state index contributed by atoms with van der Waals surface area (Å²) in [6, 6.07) is 3.73. The van der Waals surface area contributed by atoms with Crippen LogP contribution in [0.5, 0.6) is 0 Å². The molecule has 0 radical (unpaired) electrons. The van der Waals surface area contributed by atoms with Crippen molar-refractivity contribution in [1.29, 1.82) is 0 Å². The summed E-state index contributed by atoms with van der Waals surface area (Å²) in [5.41, 5.74) is 5.48. The van der Waals surface area contributed by atoms with E-state index in [4.69, 9.17) is 4.84 Å². The van der Waals surface area contributed by atoms with Crippen LogP contribution in [0.2, 0.25) is 0 Å². The first kappa shape index (κ1) is 12.8. The van der Waals surface area contributed by atoms with Gasteiger partial charge in [-0.2, -0.15) is 5.10 Å². The topological polar surface area (TPSA) is 79.9 Å². The Kier molecular flexibility index (Phi) is 3.73. The molecule has 0 saturated heterocycles. The smallest absolute Gasteiger partial charge is 0.252 e. The largest absolute Gasteiger partial charge is 0.281 e. The van der Waals surface area contributed by atoms with Crippen molar-refractivity contribution in [3.8, 4) is 0 Å². The van der Waals surface area contributed by atoms with E-state index in [0.717, 1.165) is 36.1 Å². The van der Waals surface area contributed by atoms with Crippen LogP contribution in [0.1, 0.15) is 35.6 Å². The van der Waals surface area contributed by atoms with Crippen LogP contribution in [0, 0.1) is 0 Å². The molecule has 1 atom stereocenters. The van der Waals surface area contributed by atoms with Crippen LogP contribution in [0.25, 0.3) is 0 Å². The number of fused-ring (bicyclic) bond motifs is 1. The lowest BCUT2D eigenvalue weighted by Crippen LogP contribution is -2.31. The standard InChI is InChI=1S/C14H16N4O2/c19-14(18-20-9-10-3-2-6-15-7-10)12-5-1-4-11-8-16-17-13(11)12/h2-3,6-8,12H,1,4-5,9H2,(H,16,17)(H,18,19). The number of nitrogens with zero attached hydrogens (tertiary/aromatic N) is 2. The predicted molar refractivity (Wildman–Crippen MR) is 71.4 cm³/mol. The molecule has 0 aromatic carbocycles. The van der Waals surface area contributed by atoms with E-state index in [2.05, 4.69) is 20.7 Å². The monoisotopic (exact) mass is 272 g/mol. The Morgan fingerprint density at radius 2 is 2.45 bits per heavy atom. The summed E-state index contributed by atoms with van der Waals surface area (Å²) in [5, 5.41) is 6.93. The van der Waals surface area contributed by atoms with Crippen LogP contribution in [-0.2, 0) is 22.7 Å². The van der Waals surface area contributed by atoms with Gasteiger partial charge in [0.15, 0.2) is 0 Å². The third kappa shape index (κ3) is 2.70. The summed E-state index contributed by atoms with van der Waals surface area (Å²) in [6.07, 6.45) is 7.99. The van der Waals surface area contributed by atoms with E-state index in [0.29, 0.717) is 6.61 Å². The summed E-state index contributed by atoms with van der Waals surface area (Å²) < 4.78 is 0. The Balaban J connectivity index is 1.56. The Hall–Kier alpha value is -2.21. The summed E-state index contributed by atoms with van der Waals surface area (Å²) in [5.74, 6) is -0.325. The second kappa shape index (κ2) is 5.83. The van der Waals surface area contributed by atoms with Crippen LogP contribution >= 0.6 is 0 Å². The SMILES string of the molecule is O=C(NOCc1cccnc1)C1CCCc2cn[nH]c21. The van der Waals surface area contributed by atoms with Crippen molar-refractivity contribution in [2.45, 2.75) is 31.8 Å². The van der Waals surface area contributed by atoms with E-state index >= 15 is 0 Å². The zero-order valence-electron chi connectivity index (χ0n) is 11.0. The van der Waals surface area contributed by atoms with Gasteiger partial charge >= 0.3 is 0 Å². The summed E-state index contributed by atoms with van der Waals surface area (Å²) in [6.45, 7) is 0.308. The van der Waals surface area contributed by atoms with Gasteiger partial charge in [-0.05, 0) is 36.5 Å². The number of aryl methyl sites for hydroxylation is 1. The summed E-state index contributed by atoms with van der Waals surface area (Å²) in [7, 11) is 0. The molecule has 2 aromatic heterocycles. The molecule has 0 spiro atoms. The molecule has 0 bridgehead atoms. The van der Waals surface area contributed by atoms with Gasteiger partial charge in [-0.3, -0.25) is 19.7 Å². The minimum Gasteiger partial charge on any atom is -0.281 e. The number of amides is 1. The Labute approximate surface area is 116 Å². The van der Waals surface area contributed by atoms with Gasteiger partial charge in [0.1, 0.15) is 6.61 Å². The lowest BCUT2D eigenvalue weighted by Gasteiger charge is -2.20. The quantitative estimate of drug-likeness (QED) is 0.826. The van der Waals surface area contributed by atoms with Gasteiger partial charge in [0.05, 0.1) is 17.8 Å². The molecule has 6 heteroatoms. The molecule has 3 rings (SSSR count). The van der Waals surface area contributed by atoms with Crippen LogP contribution < -0.4 is 5.48 Å². The molecule has 1 unspecified atom stereocenters. The highest BCUT2D eigenvalue weighted by Gasteiger charge is 2.28. The van der Waals surface area contributed by atoms with Crippen LogP contribution in [0.3, 0.4) is 0 Å². The van der Waals surface area contributed by atoms with Crippen LogP contribution in [0.15, 0.2) is 30.7 Å². The van der Waals surface area contributed by atoms with Gasteiger partial charge in [-0.25, -0.2) is 5.48 Å². The molecule has 104 valence electrons. The summed E-state index contributed by atoms with van der Waals surface area (Å²) >= 11 is 0. The minimum atomic E-state index is -0.199. The highest BCUT2D eigenvalue weighted by Crippen LogP contribution is 2.29. The average molecular weight is 272 g/mol. The fourth-order valence-corrected chi connectivity index (χ4v) is 2.47. The van der Waals surface area contributed by atoms with E-state index in [-0.39, 0.29) is 11.8 Å². The van der Waals surface area contributed by atoms with Crippen molar-refractivity contribution in [3.05, 3.63) is 47.5 Å². The molecule has 1 amide bonds. The van der Waals surface area contributed by atoms with Crippen molar-refractivity contribution in [1.82, 2.24) is 20.7 Å². The maximum absolute atomic E-state index is 12.1. The fraction of sp³-hybridized carbons (Fsp3) is 0.357. The van der Waals surface area contributed by atoms with E-state index in [9.17, 15) is 4.79 Å². The third-order valence-electron chi connectivity index (χ3n) is 3.49. The number of H-pyrrole nitrogens is 1. The van der Waals surface area contributed by atoms with E-state index in [1.54, 1.807) is 18.6 Å². The van der Waals surface area contributed by atoms with Gasteiger partial charge in [-0.15, -0.1) is 0 Å². The van der Waals surface area contributed by atoms with Crippen molar-refractivity contribution < 1.29 is 9.63 Å². The minimum absolute atomic E-state index is 0.126. The molecule has 1 aliphatic rings. The van der Waals surface area contributed by atoms with Gasteiger partial charge in [0.2, 0.25) is 0 Å². The van der Waals surface area contributed by atoms with Gasteiger partial charge < -0.3 is 0 Å². The third-order valence-corrected chi connectivity index (χ3v) is 3.49. The Morgan fingerprint density at radius 3 is 3.30 bits per heavy atom. The Morgan fingerprint density at radius 1 is 1.50 bits per heavy atom. The fourth-order valence-electron chi connectivity index (χ4n) is 2.47. The summed E-state index contributed by atoms with van der Waals surface area (Å²) in [4.78, 5) is 21.4. The van der Waals surface area contributed by atoms with Crippen molar-refractivity contribution >= 4 is 5.91 Å². The number of carbonyl (C=O) groups is 1. The lowest BCUT2D eigenvalue weighted by atomic mass is 9.88. The molecule has 1 aliphatic carbocycles. The van der Waals surface area contributed by atoms with Crippen LogP contribution in [-0.4, -0.2) is 21.1 Å². The number of pyridine rings is 1. The normalized spacial score (nSPS) is 17.5. The molecule has 2 heterocycles. The Bertz CT molecular complexity index is 582. The van der Waals surface area contributed by atoms with Crippen molar-refractivity contribution in [2.24, 2.45) is 0 Å². The molecule has 0 fully saturated rings. The highest BCUT2D eigenvalue weighted by molar-refractivity contribution is 5.82. The molecule has 0 saturated carbocycles. The molecule has 2 aromatic rings. The number of aromatic nitrogens is 3. The number of hydrogen-bond acceptors (Lipinski definition) is 4. The zero-order chi connectivity index (χ0) is 13.8. The predicted octanol–water partition coefficient (Wildman–Crippen LogP) is 1.47. The number of hydroxylamine groups is 1. The van der Waals surface area contributed by atoms with Gasteiger partial charge in [0.25, 0.3) is 5.91 Å². The molecule has 0 aliphatic heterocycles. The van der Waals surface area contributed by atoms with E-state index < -0.39 is 0 Å². The molecular weight excluding hydrogens is 256 g/mol.